The Kier molecular flexibility index (Phi) is 4.30. The largest absolute Gasteiger partial charge is 0.337 e. The van der Waals surface area contributed by atoms with Gasteiger partial charge in [0.1, 0.15) is 4.88 Å². The first kappa shape index (κ1) is 14.5. The van der Waals surface area contributed by atoms with Crippen LogP contribution in [0, 0.1) is 0 Å². The van der Waals surface area contributed by atoms with E-state index < -0.39 is 0 Å². The van der Waals surface area contributed by atoms with Gasteiger partial charge in [0, 0.05) is 19.2 Å². The molecule has 110 valence electrons. The number of carbonyl (C=O) groups excluding carboxylic acids is 1. The van der Waals surface area contributed by atoms with Crippen LogP contribution < -0.4 is 0 Å². The Morgan fingerprint density at radius 1 is 1.05 bits per heavy atom. The summed E-state index contributed by atoms with van der Waals surface area (Å²) >= 11 is 1.39. The summed E-state index contributed by atoms with van der Waals surface area (Å²) in [7, 11) is 1.82. The molecular formula is C18H16N2OS. The summed E-state index contributed by atoms with van der Waals surface area (Å²) in [5.74, 6) is 0.00482. The number of nitrogens with zero attached hydrogens (tertiary/aromatic N) is 2. The van der Waals surface area contributed by atoms with Crippen molar-refractivity contribution in [2.45, 2.75) is 6.54 Å². The predicted molar refractivity (Wildman–Crippen MR) is 89.8 cm³/mol. The number of benzene rings is 2. The first-order valence-corrected chi connectivity index (χ1v) is 7.92. The standard InChI is InChI=1S/C18H16N2OS/c1-20(12-14-8-4-2-5-9-14)18(21)17-16(19-13-22-17)15-10-6-3-7-11-15/h2-11,13H,12H2,1H3. The molecule has 2 aromatic carbocycles. The molecule has 0 N–H and O–H groups in total. The van der Waals surface area contributed by atoms with E-state index in [-0.39, 0.29) is 5.91 Å². The Labute approximate surface area is 133 Å². The van der Waals surface area contributed by atoms with Crippen molar-refractivity contribution in [2.75, 3.05) is 7.05 Å². The number of aromatic nitrogens is 1. The first-order chi connectivity index (χ1) is 10.8. The van der Waals surface area contributed by atoms with Gasteiger partial charge in [0.05, 0.1) is 11.2 Å². The molecule has 0 aliphatic carbocycles. The van der Waals surface area contributed by atoms with E-state index in [2.05, 4.69) is 4.98 Å². The lowest BCUT2D eigenvalue weighted by Gasteiger charge is -2.17. The van der Waals surface area contributed by atoms with E-state index in [9.17, 15) is 4.79 Å². The molecule has 0 radical (unpaired) electrons. The van der Waals surface area contributed by atoms with E-state index in [1.807, 2.05) is 67.7 Å². The van der Waals surface area contributed by atoms with Gasteiger partial charge in [-0.2, -0.15) is 0 Å². The average Bonchev–Trinajstić information content (AvgIpc) is 3.05. The summed E-state index contributed by atoms with van der Waals surface area (Å²) < 4.78 is 0. The van der Waals surface area contributed by atoms with E-state index in [1.165, 1.54) is 11.3 Å². The van der Waals surface area contributed by atoms with Crippen molar-refractivity contribution in [2.24, 2.45) is 0 Å². The molecule has 3 nitrogen and oxygen atoms in total. The average molecular weight is 308 g/mol. The normalized spacial score (nSPS) is 10.4. The minimum atomic E-state index is 0.00482. The van der Waals surface area contributed by atoms with E-state index >= 15 is 0 Å². The molecule has 3 aromatic rings. The summed E-state index contributed by atoms with van der Waals surface area (Å²) in [4.78, 5) is 19.5. The number of carbonyl (C=O) groups is 1. The maximum Gasteiger partial charge on any atom is 0.266 e. The van der Waals surface area contributed by atoms with Crippen molar-refractivity contribution in [3.63, 3.8) is 0 Å². The summed E-state index contributed by atoms with van der Waals surface area (Å²) in [6.07, 6.45) is 0. The van der Waals surface area contributed by atoms with Crippen LogP contribution in [0.1, 0.15) is 15.2 Å². The zero-order valence-electron chi connectivity index (χ0n) is 12.3. The number of hydrogen-bond acceptors (Lipinski definition) is 3. The molecule has 1 amide bonds. The third-order valence-electron chi connectivity index (χ3n) is 3.42. The lowest BCUT2D eigenvalue weighted by atomic mass is 10.1. The van der Waals surface area contributed by atoms with Gasteiger partial charge in [0.15, 0.2) is 0 Å². The van der Waals surface area contributed by atoms with E-state index in [0.717, 1.165) is 16.8 Å². The Morgan fingerprint density at radius 3 is 2.36 bits per heavy atom. The Bertz CT molecular complexity index is 753. The predicted octanol–water partition coefficient (Wildman–Crippen LogP) is 4.08. The number of hydrogen-bond donors (Lipinski definition) is 0. The van der Waals surface area contributed by atoms with Crippen LogP contribution in [0.3, 0.4) is 0 Å². The van der Waals surface area contributed by atoms with Crippen LogP contribution in [-0.2, 0) is 6.54 Å². The lowest BCUT2D eigenvalue weighted by molar-refractivity contribution is 0.0790. The van der Waals surface area contributed by atoms with Crippen LogP contribution in [0.25, 0.3) is 11.3 Å². The third-order valence-corrected chi connectivity index (χ3v) is 4.23. The Balaban J connectivity index is 1.83. The molecule has 0 aliphatic rings. The van der Waals surface area contributed by atoms with E-state index in [4.69, 9.17) is 0 Å². The summed E-state index contributed by atoms with van der Waals surface area (Å²) in [6.45, 7) is 0.589. The molecular weight excluding hydrogens is 292 g/mol. The van der Waals surface area contributed by atoms with Gasteiger partial charge in [-0.05, 0) is 5.56 Å². The molecule has 4 heteroatoms. The minimum Gasteiger partial charge on any atom is -0.337 e. The molecule has 1 heterocycles. The summed E-state index contributed by atoms with van der Waals surface area (Å²) in [5, 5.41) is 0. The molecule has 1 aromatic heterocycles. The highest BCUT2D eigenvalue weighted by Gasteiger charge is 2.19. The van der Waals surface area contributed by atoms with Gasteiger partial charge < -0.3 is 4.90 Å². The van der Waals surface area contributed by atoms with Crippen molar-refractivity contribution in [1.82, 2.24) is 9.88 Å². The van der Waals surface area contributed by atoms with Gasteiger partial charge >= 0.3 is 0 Å². The van der Waals surface area contributed by atoms with Crippen LogP contribution >= 0.6 is 11.3 Å². The van der Waals surface area contributed by atoms with Crippen LogP contribution in [0.2, 0.25) is 0 Å². The lowest BCUT2D eigenvalue weighted by Crippen LogP contribution is -2.25. The van der Waals surface area contributed by atoms with Crippen molar-refractivity contribution >= 4 is 17.2 Å². The van der Waals surface area contributed by atoms with Crippen LogP contribution in [0.4, 0.5) is 0 Å². The molecule has 22 heavy (non-hydrogen) atoms. The van der Waals surface area contributed by atoms with Gasteiger partial charge in [0.2, 0.25) is 0 Å². The molecule has 0 bridgehead atoms. The van der Waals surface area contributed by atoms with Crippen molar-refractivity contribution in [1.29, 1.82) is 0 Å². The second kappa shape index (κ2) is 6.54. The summed E-state index contributed by atoms with van der Waals surface area (Å²) in [5.41, 5.74) is 4.58. The molecule has 0 saturated heterocycles. The fraction of sp³-hybridized carbons (Fsp3) is 0.111. The zero-order valence-corrected chi connectivity index (χ0v) is 13.1. The van der Waals surface area contributed by atoms with Crippen molar-refractivity contribution < 1.29 is 4.79 Å². The number of thiazole rings is 1. The molecule has 3 rings (SSSR count). The highest BCUT2D eigenvalue weighted by molar-refractivity contribution is 7.12. The molecule has 0 unspecified atom stereocenters. The first-order valence-electron chi connectivity index (χ1n) is 7.04. The maximum absolute atomic E-state index is 12.7. The highest BCUT2D eigenvalue weighted by Crippen LogP contribution is 2.26. The molecule has 0 atom stereocenters. The molecule has 0 saturated carbocycles. The van der Waals surface area contributed by atoms with Gasteiger partial charge in [-0.3, -0.25) is 4.79 Å². The number of amides is 1. The monoisotopic (exact) mass is 308 g/mol. The quantitative estimate of drug-likeness (QED) is 0.727. The Morgan fingerprint density at radius 2 is 1.68 bits per heavy atom. The smallest absolute Gasteiger partial charge is 0.266 e. The minimum absolute atomic E-state index is 0.00482. The van der Waals surface area contributed by atoms with Crippen molar-refractivity contribution in [3.05, 3.63) is 76.6 Å². The summed E-state index contributed by atoms with van der Waals surface area (Å²) in [6, 6.07) is 19.8. The molecule has 0 aliphatic heterocycles. The van der Waals surface area contributed by atoms with Gasteiger partial charge in [-0.1, -0.05) is 60.7 Å². The van der Waals surface area contributed by atoms with Crippen LogP contribution in [0.5, 0.6) is 0 Å². The van der Waals surface area contributed by atoms with Crippen LogP contribution in [-0.4, -0.2) is 22.8 Å². The van der Waals surface area contributed by atoms with Crippen molar-refractivity contribution in [3.8, 4) is 11.3 Å². The third kappa shape index (κ3) is 3.07. The van der Waals surface area contributed by atoms with Crippen LogP contribution in [0.15, 0.2) is 66.2 Å². The molecule has 0 fully saturated rings. The SMILES string of the molecule is CN(Cc1ccccc1)C(=O)c1scnc1-c1ccccc1. The van der Waals surface area contributed by atoms with Gasteiger partial charge in [-0.25, -0.2) is 4.98 Å². The topological polar surface area (TPSA) is 33.2 Å². The number of rotatable bonds is 4. The second-order valence-corrected chi connectivity index (χ2v) is 5.90. The van der Waals surface area contributed by atoms with E-state index in [0.29, 0.717) is 11.4 Å². The fourth-order valence-electron chi connectivity index (χ4n) is 2.30. The Hall–Kier alpha value is -2.46. The van der Waals surface area contributed by atoms with Gasteiger partial charge in [0.25, 0.3) is 5.91 Å². The zero-order chi connectivity index (χ0) is 15.4. The second-order valence-electron chi connectivity index (χ2n) is 5.04. The van der Waals surface area contributed by atoms with E-state index in [1.54, 1.807) is 10.4 Å². The maximum atomic E-state index is 12.7. The fourth-order valence-corrected chi connectivity index (χ4v) is 3.10. The molecule has 0 spiro atoms. The van der Waals surface area contributed by atoms with Gasteiger partial charge in [-0.15, -0.1) is 11.3 Å². The highest BCUT2D eigenvalue weighted by atomic mass is 32.1.